The lowest BCUT2D eigenvalue weighted by Gasteiger charge is -2.29. The molecule has 0 saturated carbocycles. The van der Waals surface area contributed by atoms with Crippen molar-refractivity contribution >= 4 is 23.4 Å². The predicted octanol–water partition coefficient (Wildman–Crippen LogP) is 3.22. The summed E-state index contributed by atoms with van der Waals surface area (Å²) in [4.78, 5) is 44.7. The van der Waals surface area contributed by atoms with E-state index in [9.17, 15) is 24.8 Å². The fraction of sp³-hybridized carbons (Fsp3) is 0.241. The topological polar surface area (TPSA) is 141 Å². The van der Waals surface area contributed by atoms with Crippen molar-refractivity contribution in [3.8, 4) is 6.07 Å². The third-order valence-electron chi connectivity index (χ3n) is 7.67. The van der Waals surface area contributed by atoms with E-state index in [-0.39, 0.29) is 28.9 Å². The number of aromatic carboxylic acids is 1. The van der Waals surface area contributed by atoms with Crippen molar-refractivity contribution < 1.29 is 19.5 Å². The van der Waals surface area contributed by atoms with Crippen LogP contribution >= 0.6 is 0 Å². The van der Waals surface area contributed by atoms with Gasteiger partial charge in [0.15, 0.2) is 5.65 Å². The van der Waals surface area contributed by atoms with Gasteiger partial charge in [-0.05, 0) is 72.2 Å². The van der Waals surface area contributed by atoms with Crippen molar-refractivity contribution in [2.24, 2.45) is 0 Å². The van der Waals surface area contributed by atoms with Crippen LogP contribution in [-0.4, -0.2) is 48.9 Å². The van der Waals surface area contributed by atoms with E-state index in [2.05, 4.69) is 21.5 Å². The molecular formula is C29H24N6O4. The van der Waals surface area contributed by atoms with Crippen LogP contribution in [0.1, 0.15) is 77.2 Å². The first kappa shape index (κ1) is 24.3. The molecule has 0 saturated heterocycles. The molecule has 39 heavy (non-hydrogen) atoms. The molecule has 1 aliphatic heterocycles. The number of carbonyl (C=O) groups excluding carboxylic acids is 2. The number of nitrogens with one attached hydrogen (secondary N) is 1. The molecule has 2 aromatic heterocycles. The van der Waals surface area contributed by atoms with Gasteiger partial charge in [0.2, 0.25) is 0 Å². The van der Waals surface area contributed by atoms with E-state index in [1.54, 1.807) is 36.1 Å². The summed E-state index contributed by atoms with van der Waals surface area (Å²) < 4.78 is 1.41. The van der Waals surface area contributed by atoms with Gasteiger partial charge in [-0.1, -0.05) is 12.1 Å². The highest BCUT2D eigenvalue weighted by atomic mass is 16.4. The van der Waals surface area contributed by atoms with Crippen LogP contribution < -0.4 is 5.32 Å². The highest BCUT2D eigenvalue weighted by Gasteiger charge is 2.30. The maximum Gasteiger partial charge on any atom is 0.335 e. The third kappa shape index (κ3) is 4.18. The lowest BCUT2D eigenvalue weighted by Crippen LogP contribution is -2.37. The normalized spacial score (nSPS) is 15.9. The standard InChI is InChI=1S/C29H24N6O4/c1-16-20-6-7-23(22(20)5-4-21(16)29(38)39)33-27(36)25-13-24(32-26-8-10-31-35(25)26)28(37)34-11-9-18-3-2-17(14-30)12-19(18)15-34/h2-5,8,10,12-13,23H,6-7,9,11,15H2,1H3,(H,33,36)(H,38,39)/t23-/m0/s1. The van der Waals surface area contributed by atoms with Gasteiger partial charge in [0.1, 0.15) is 11.4 Å². The van der Waals surface area contributed by atoms with Crippen LogP contribution in [0.3, 0.4) is 0 Å². The Kier molecular flexibility index (Phi) is 5.84. The van der Waals surface area contributed by atoms with Gasteiger partial charge < -0.3 is 15.3 Å². The molecule has 3 heterocycles. The van der Waals surface area contributed by atoms with E-state index >= 15 is 0 Å². The van der Waals surface area contributed by atoms with Crippen molar-refractivity contribution in [1.82, 2.24) is 24.8 Å². The summed E-state index contributed by atoms with van der Waals surface area (Å²) in [5.41, 5.74) is 6.11. The van der Waals surface area contributed by atoms with Crippen LogP contribution in [0.25, 0.3) is 5.65 Å². The Bertz CT molecular complexity index is 1730. The molecule has 10 nitrogen and oxygen atoms in total. The Hall–Kier alpha value is -5.04. The van der Waals surface area contributed by atoms with Crippen LogP contribution in [0, 0.1) is 18.3 Å². The number of carbonyl (C=O) groups is 3. The van der Waals surface area contributed by atoms with E-state index < -0.39 is 11.9 Å². The SMILES string of the molecule is Cc1c(C(=O)O)ccc2c1CC[C@@H]2NC(=O)c1cc(C(=O)N2CCc3ccc(C#N)cc3C2)nc2ccnn12. The number of carboxylic acids is 1. The second kappa shape index (κ2) is 9.36. The highest BCUT2D eigenvalue weighted by molar-refractivity contribution is 5.98. The summed E-state index contributed by atoms with van der Waals surface area (Å²) in [5, 5.41) is 26.0. The van der Waals surface area contributed by atoms with Gasteiger partial charge in [0.25, 0.3) is 11.8 Å². The van der Waals surface area contributed by atoms with E-state index in [1.807, 2.05) is 12.1 Å². The number of carboxylic acid groups (broad SMARTS) is 1. The molecule has 2 aromatic carbocycles. The fourth-order valence-electron chi connectivity index (χ4n) is 5.64. The maximum absolute atomic E-state index is 13.5. The smallest absolute Gasteiger partial charge is 0.335 e. The minimum Gasteiger partial charge on any atom is -0.478 e. The Morgan fingerprint density at radius 3 is 2.74 bits per heavy atom. The van der Waals surface area contributed by atoms with Crippen LogP contribution in [0.2, 0.25) is 0 Å². The van der Waals surface area contributed by atoms with Crippen molar-refractivity contribution in [3.05, 3.63) is 99.0 Å². The zero-order valence-corrected chi connectivity index (χ0v) is 21.1. The number of nitriles is 1. The molecule has 0 spiro atoms. The molecule has 2 aliphatic rings. The van der Waals surface area contributed by atoms with E-state index in [0.717, 1.165) is 22.3 Å². The second-order valence-corrected chi connectivity index (χ2v) is 9.88. The van der Waals surface area contributed by atoms with Crippen molar-refractivity contribution in [2.75, 3.05) is 6.54 Å². The molecule has 194 valence electrons. The van der Waals surface area contributed by atoms with Crippen molar-refractivity contribution in [1.29, 1.82) is 5.26 Å². The van der Waals surface area contributed by atoms with Gasteiger partial charge in [0, 0.05) is 25.2 Å². The molecule has 4 aromatic rings. The summed E-state index contributed by atoms with van der Waals surface area (Å²) in [6, 6.07) is 13.8. The zero-order valence-electron chi connectivity index (χ0n) is 21.1. The summed E-state index contributed by atoms with van der Waals surface area (Å²) in [6.07, 6.45) is 3.49. The number of hydrogen-bond acceptors (Lipinski definition) is 6. The zero-order chi connectivity index (χ0) is 27.3. The molecule has 0 unspecified atom stereocenters. The summed E-state index contributed by atoms with van der Waals surface area (Å²) in [7, 11) is 0. The fourth-order valence-corrected chi connectivity index (χ4v) is 5.64. The molecule has 10 heteroatoms. The predicted molar refractivity (Wildman–Crippen MR) is 139 cm³/mol. The largest absolute Gasteiger partial charge is 0.478 e. The van der Waals surface area contributed by atoms with Crippen LogP contribution in [-0.2, 0) is 19.4 Å². The average molecular weight is 521 g/mol. The second-order valence-electron chi connectivity index (χ2n) is 9.88. The molecule has 2 amide bonds. The van der Waals surface area contributed by atoms with Crippen LogP contribution in [0.15, 0.2) is 48.7 Å². The summed E-state index contributed by atoms with van der Waals surface area (Å²) in [5.74, 6) is -1.68. The number of benzene rings is 2. The number of amides is 2. The van der Waals surface area contributed by atoms with Crippen molar-refractivity contribution in [2.45, 2.75) is 38.8 Å². The Morgan fingerprint density at radius 2 is 1.95 bits per heavy atom. The number of fused-ring (bicyclic) bond motifs is 3. The minimum absolute atomic E-state index is 0.141. The van der Waals surface area contributed by atoms with Gasteiger partial charge in [-0.25, -0.2) is 14.3 Å². The number of nitrogens with zero attached hydrogens (tertiary/aromatic N) is 5. The average Bonchev–Trinajstić information content (AvgIpc) is 3.59. The monoisotopic (exact) mass is 520 g/mol. The first-order valence-corrected chi connectivity index (χ1v) is 12.7. The van der Waals surface area contributed by atoms with Crippen LogP contribution in [0.4, 0.5) is 0 Å². The van der Waals surface area contributed by atoms with Crippen molar-refractivity contribution in [3.63, 3.8) is 0 Å². The first-order chi connectivity index (χ1) is 18.8. The molecular weight excluding hydrogens is 496 g/mol. The summed E-state index contributed by atoms with van der Waals surface area (Å²) >= 11 is 0. The Labute approximate surface area is 223 Å². The Morgan fingerprint density at radius 1 is 1.10 bits per heavy atom. The van der Waals surface area contributed by atoms with Crippen LogP contribution in [0.5, 0.6) is 0 Å². The highest BCUT2D eigenvalue weighted by Crippen LogP contribution is 2.35. The van der Waals surface area contributed by atoms with E-state index in [4.69, 9.17) is 0 Å². The van der Waals surface area contributed by atoms with E-state index in [0.29, 0.717) is 49.1 Å². The van der Waals surface area contributed by atoms with Gasteiger partial charge in [-0.15, -0.1) is 0 Å². The third-order valence-corrected chi connectivity index (χ3v) is 7.67. The van der Waals surface area contributed by atoms with Gasteiger partial charge in [0.05, 0.1) is 29.4 Å². The molecule has 0 bridgehead atoms. The number of rotatable bonds is 4. The lowest BCUT2D eigenvalue weighted by atomic mass is 9.97. The van der Waals surface area contributed by atoms with Gasteiger partial charge in [-0.3, -0.25) is 9.59 Å². The lowest BCUT2D eigenvalue weighted by molar-refractivity contribution is 0.0693. The molecule has 1 aliphatic carbocycles. The van der Waals surface area contributed by atoms with Gasteiger partial charge in [-0.2, -0.15) is 10.4 Å². The molecule has 6 rings (SSSR count). The molecule has 2 N–H and O–H groups in total. The van der Waals surface area contributed by atoms with E-state index in [1.165, 1.54) is 16.8 Å². The quantitative estimate of drug-likeness (QED) is 0.421. The first-order valence-electron chi connectivity index (χ1n) is 12.7. The molecule has 1 atom stereocenters. The summed E-state index contributed by atoms with van der Waals surface area (Å²) in [6.45, 7) is 2.65. The Balaban J connectivity index is 1.28. The minimum atomic E-state index is -0.972. The van der Waals surface area contributed by atoms with Gasteiger partial charge >= 0.3 is 5.97 Å². The molecule has 0 fully saturated rings. The molecule has 0 radical (unpaired) electrons. The number of aromatic nitrogens is 3. The number of hydrogen-bond donors (Lipinski definition) is 2. The maximum atomic E-state index is 13.5.